The maximum Gasteiger partial charge on any atom is 0.240 e. The monoisotopic (exact) mass is 295 g/mol. The molecule has 0 radical (unpaired) electrons. The zero-order chi connectivity index (χ0) is 14.9. The summed E-state index contributed by atoms with van der Waals surface area (Å²) in [5.74, 6) is 0.336. The quantitative estimate of drug-likeness (QED) is 0.820. The number of rotatable bonds is 2. The largest absolute Gasteiger partial charge is 0.372 e. The van der Waals surface area contributed by atoms with Crippen molar-refractivity contribution in [1.29, 1.82) is 0 Å². The average molecular weight is 295 g/mol. The molecule has 0 saturated carbocycles. The normalized spacial score (nSPS) is 31.5. The van der Waals surface area contributed by atoms with Crippen molar-refractivity contribution in [2.45, 2.75) is 57.2 Å². The van der Waals surface area contributed by atoms with Gasteiger partial charge in [0, 0.05) is 19.1 Å². The van der Waals surface area contributed by atoms with Gasteiger partial charge in [-0.05, 0) is 59.2 Å². The lowest BCUT2D eigenvalue weighted by atomic mass is 10.0. The van der Waals surface area contributed by atoms with Crippen molar-refractivity contribution in [3.63, 3.8) is 0 Å². The third-order valence-corrected chi connectivity index (χ3v) is 5.09. The number of piperidine rings is 1. The second-order valence-electron chi connectivity index (χ2n) is 7.24. The summed E-state index contributed by atoms with van der Waals surface area (Å²) in [6.45, 7) is 9.56. The van der Waals surface area contributed by atoms with Gasteiger partial charge < -0.3 is 15.0 Å². The van der Waals surface area contributed by atoms with Crippen LogP contribution in [0.5, 0.6) is 0 Å². The summed E-state index contributed by atoms with van der Waals surface area (Å²) in [5.41, 5.74) is -0.202. The van der Waals surface area contributed by atoms with Gasteiger partial charge in [-0.2, -0.15) is 0 Å². The minimum absolute atomic E-state index is 0.113. The van der Waals surface area contributed by atoms with E-state index >= 15 is 0 Å². The van der Waals surface area contributed by atoms with Gasteiger partial charge in [0.15, 0.2) is 0 Å². The van der Waals surface area contributed by atoms with E-state index in [1.165, 1.54) is 12.8 Å². The van der Waals surface area contributed by atoms with Crippen LogP contribution in [0.2, 0.25) is 0 Å². The Morgan fingerprint density at radius 1 is 1.19 bits per heavy atom. The number of hydrogen-bond donors (Lipinski definition) is 1. The predicted octanol–water partition coefficient (Wildman–Crippen LogP) is 0.840. The van der Waals surface area contributed by atoms with Crippen molar-refractivity contribution in [2.75, 3.05) is 39.3 Å². The van der Waals surface area contributed by atoms with Crippen molar-refractivity contribution in [3.8, 4) is 0 Å². The summed E-state index contributed by atoms with van der Waals surface area (Å²) >= 11 is 0. The summed E-state index contributed by atoms with van der Waals surface area (Å²) in [5, 5.41) is 3.42. The fourth-order valence-electron chi connectivity index (χ4n) is 4.04. The van der Waals surface area contributed by atoms with E-state index in [2.05, 4.69) is 24.1 Å². The fraction of sp³-hybridized carbons (Fsp3) is 0.938. The van der Waals surface area contributed by atoms with E-state index in [4.69, 9.17) is 4.74 Å². The third kappa shape index (κ3) is 3.41. The van der Waals surface area contributed by atoms with Crippen LogP contribution in [-0.4, -0.2) is 72.7 Å². The Labute approximate surface area is 128 Å². The highest BCUT2D eigenvalue weighted by Crippen LogP contribution is 2.27. The summed E-state index contributed by atoms with van der Waals surface area (Å²) in [7, 11) is 0. The molecule has 0 aromatic carbocycles. The van der Waals surface area contributed by atoms with E-state index in [1.54, 1.807) is 0 Å². The zero-order valence-corrected chi connectivity index (χ0v) is 13.4. The van der Waals surface area contributed by atoms with Crippen molar-refractivity contribution >= 4 is 5.91 Å². The Bertz CT molecular complexity index is 380. The average Bonchev–Trinajstić information content (AvgIpc) is 2.95. The molecule has 0 aromatic heterocycles. The predicted molar refractivity (Wildman–Crippen MR) is 82.2 cm³/mol. The molecular formula is C16H29N3O2. The van der Waals surface area contributed by atoms with Gasteiger partial charge in [0.05, 0.1) is 18.2 Å². The molecule has 3 fully saturated rings. The molecule has 3 saturated heterocycles. The standard InChI is InChI=1S/C16H29N3O2/c1-16(2)12-18(10-11-21-16)15(20)14-4-3-9-19(14)13-5-7-17-8-6-13/h13-14,17H,3-12H2,1-2H3. The number of amides is 1. The molecule has 120 valence electrons. The molecule has 1 unspecified atom stereocenters. The SMILES string of the molecule is CC1(C)CN(C(=O)C2CCCN2C2CCNCC2)CCO1. The fourth-order valence-corrected chi connectivity index (χ4v) is 4.04. The minimum atomic E-state index is -0.202. The number of morpholine rings is 1. The number of carbonyl (C=O) groups excluding carboxylic acids is 1. The summed E-state index contributed by atoms with van der Waals surface area (Å²) in [4.78, 5) is 17.5. The van der Waals surface area contributed by atoms with Gasteiger partial charge in [0.1, 0.15) is 0 Å². The van der Waals surface area contributed by atoms with E-state index in [0.29, 0.717) is 18.6 Å². The first-order valence-corrected chi connectivity index (χ1v) is 8.46. The lowest BCUT2D eigenvalue weighted by molar-refractivity contribution is -0.151. The van der Waals surface area contributed by atoms with Gasteiger partial charge >= 0.3 is 0 Å². The Morgan fingerprint density at radius 2 is 1.95 bits per heavy atom. The number of likely N-dealkylation sites (tertiary alicyclic amines) is 1. The van der Waals surface area contributed by atoms with Gasteiger partial charge in [-0.3, -0.25) is 9.69 Å². The van der Waals surface area contributed by atoms with Crippen LogP contribution in [0.3, 0.4) is 0 Å². The molecule has 5 heteroatoms. The van der Waals surface area contributed by atoms with Gasteiger partial charge in [0.2, 0.25) is 5.91 Å². The number of nitrogens with one attached hydrogen (secondary N) is 1. The Kier molecular flexibility index (Phi) is 4.52. The molecule has 0 aromatic rings. The van der Waals surface area contributed by atoms with Crippen molar-refractivity contribution < 1.29 is 9.53 Å². The molecule has 1 atom stereocenters. The first-order valence-electron chi connectivity index (χ1n) is 8.46. The second kappa shape index (κ2) is 6.23. The van der Waals surface area contributed by atoms with Crippen LogP contribution in [-0.2, 0) is 9.53 Å². The van der Waals surface area contributed by atoms with E-state index in [0.717, 1.165) is 45.6 Å². The Morgan fingerprint density at radius 3 is 2.67 bits per heavy atom. The van der Waals surface area contributed by atoms with Crippen molar-refractivity contribution in [1.82, 2.24) is 15.1 Å². The summed E-state index contributed by atoms with van der Waals surface area (Å²) < 4.78 is 5.74. The van der Waals surface area contributed by atoms with Crippen LogP contribution < -0.4 is 5.32 Å². The topological polar surface area (TPSA) is 44.8 Å². The first-order chi connectivity index (χ1) is 10.1. The molecule has 3 rings (SSSR count). The molecule has 3 aliphatic rings. The van der Waals surface area contributed by atoms with E-state index < -0.39 is 0 Å². The van der Waals surface area contributed by atoms with Gasteiger partial charge in [-0.15, -0.1) is 0 Å². The maximum absolute atomic E-state index is 13.0. The third-order valence-electron chi connectivity index (χ3n) is 5.09. The lowest BCUT2D eigenvalue weighted by Crippen LogP contribution is -2.57. The Balaban J connectivity index is 1.65. The number of ether oxygens (including phenoxy) is 1. The molecule has 1 amide bonds. The smallest absolute Gasteiger partial charge is 0.240 e. The number of carbonyl (C=O) groups is 1. The number of nitrogens with zero attached hydrogens (tertiary/aromatic N) is 2. The van der Waals surface area contributed by atoms with Gasteiger partial charge in [-0.25, -0.2) is 0 Å². The maximum atomic E-state index is 13.0. The highest BCUT2D eigenvalue weighted by Gasteiger charge is 2.40. The first kappa shape index (κ1) is 15.3. The van der Waals surface area contributed by atoms with E-state index in [-0.39, 0.29) is 11.6 Å². The lowest BCUT2D eigenvalue weighted by Gasteiger charge is -2.42. The number of hydrogen-bond acceptors (Lipinski definition) is 4. The zero-order valence-electron chi connectivity index (χ0n) is 13.4. The minimum Gasteiger partial charge on any atom is -0.372 e. The highest BCUT2D eigenvalue weighted by atomic mass is 16.5. The van der Waals surface area contributed by atoms with E-state index in [1.807, 2.05) is 4.90 Å². The summed E-state index contributed by atoms with van der Waals surface area (Å²) in [6, 6.07) is 0.707. The van der Waals surface area contributed by atoms with E-state index in [9.17, 15) is 4.79 Å². The molecule has 3 aliphatic heterocycles. The highest BCUT2D eigenvalue weighted by molar-refractivity contribution is 5.82. The van der Waals surface area contributed by atoms with Crippen LogP contribution in [0.1, 0.15) is 39.5 Å². The van der Waals surface area contributed by atoms with Crippen LogP contribution in [0.4, 0.5) is 0 Å². The van der Waals surface area contributed by atoms with Crippen LogP contribution in [0, 0.1) is 0 Å². The van der Waals surface area contributed by atoms with Crippen molar-refractivity contribution in [3.05, 3.63) is 0 Å². The van der Waals surface area contributed by atoms with Crippen LogP contribution in [0.15, 0.2) is 0 Å². The molecule has 5 nitrogen and oxygen atoms in total. The molecule has 1 N–H and O–H groups in total. The molecular weight excluding hydrogens is 266 g/mol. The van der Waals surface area contributed by atoms with Gasteiger partial charge in [0.25, 0.3) is 0 Å². The van der Waals surface area contributed by atoms with Gasteiger partial charge in [-0.1, -0.05) is 0 Å². The Hall–Kier alpha value is -0.650. The molecule has 3 heterocycles. The molecule has 0 bridgehead atoms. The van der Waals surface area contributed by atoms with Crippen molar-refractivity contribution in [2.24, 2.45) is 0 Å². The summed E-state index contributed by atoms with van der Waals surface area (Å²) in [6.07, 6.45) is 4.55. The van der Waals surface area contributed by atoms with Crippen LogP contribution >= 0.6 is 0 Å². The molecule has 0 spiro atoms. The molecule has 0 aliphatic carbocycles. The van der Waals surface area contributed by atoms with Crippen LogP contribution in [0.25, 0.3) is 0 Å². The second-order valence-corrected chi connectivity index (χ2v) is 7.24. The molecule has 21 heavy (non-hydrogen) atoms.